The monoisotopic (exact) mass is 400 g/mol. The van der Waals surface area contributed by atoms with Crippen molar-refractivity contribution < 1.29 is 18.8 Å². The molecule has 2 aromatic rings. The molecule has 0 radical (unpaired) electrons. The normalized spacial score (nSPS) is 11.6. The van der Waals surface area contributed by atoms with Crippen molar-refractivity contribution in [3.63, 3.8) is 0 Å². The van der Waals surface area contributed by atoms with Gasteiger partial charge in [0.05, 0.1) is 0 Å². The van der Waals surface area contributed by atoms with Crippen LogP contribution in [-0.4, -0.2) is 35.3 Å². The van der Waals surface area contributed by atoms with Gasteiger partial charge in [0.25, 0.3) is 5.91 Å². The van der Waals surface area contributed by atoms with Crippen molar-refractivity contribution in [2.75, 3.05) is 6.54 Å². The molecule has 8 heteroatoms. The van der Waals surface area contributed by atoms with Gasteiger partial charge in [-0.05, 0) is 47.9 Å². The fourth-order valence-corrected chi connectivity index (χ4v) is 2.56. The average Bonchev–Trinajstić information content (AvgIpc) is 2.71. The van der Waals surface area contributed by atoms with Crippen molar-refractivity contribution in [1.29, 1.82) is 0 Å². The topological polar surface area (TPSA) is 100 Å². The zero-order chi connectivity index (χ0) is 21.2. The lowest BCUT2D eigenvalue weighted by atomic mass is 10.0. The Bertz CT molecular complexity index is 826. The van der Waals surface area contributed by atoms with Gasteiger partial charge in [-0.2, -0.15) is 0 Å². The molecule has 0 spiro atoms. The predicted molar refractivity (Wildman–Crippen MR) is 106 cm³/mol. The van der Waals surface area contributed by atoms with E-state index in [1.54, 1.807) is 38.4 Å². The maximum absolute atomic E-state index is 13.0. The largest absolute Gasteiger partial charge is 0.354 e. The summed E-state index contributed by atoms with van der Waals surface area (Å²) >= 11 is 0. The molecule has 1 heterocycles. The lowest BCUT2D eigenvalue weighted by Gasteiger charge is -2.21. The van der Waals surface area contributed by atoms with Crippen LogP contribution in [0.4, 0.5) is 4.39 Å². The van der Waals surface area contributed by atoms with E-state index in [9.17, 15) is 18.8 Å². The van der Waals surface area contributed by atoms with E-state index < -0.39 is 17.8 Å². The Labute approximate surface area is 169 Å². The molecule has 0 fully saturated rings. The Hall–Kier alpha value is -3.29. The number of amides is 3. The lowest BCUT2D eigenvalue weighted by Crippen LogP contribution is -2.50. The maximum Gasteiger partial charge on any atom is 0.251 e. The second-order valence-corrected chi connectivity index (χ2v) is 6.88. The highest BCUT2D eigenvalue weighted by molar-refractivity contribution is 5.97. The smallest absolute Gasteiger partial charge is 0.251 e. The Morgan fingerprint density at radius 1 is 1.00 bits per heavy atom. The summed E-state index contributed by atoms with van der Waals surface area (Å²) in [7, 11) is 0. The first-order valence-electron chi connectivity index (χ1n) is 9.36. The zero-order valence-electron chi connectivity index (χ0n) is 16.4. The number of nitrogens with one attached hydrogen (secondary N) is 3. The van der Waals surface area contributed by atoms with Gasteiger partial charge in [-0.25, -0.2) is 4.39 Å². The highest BCUT2D eigenvalue weighted by Crippen LogP contribution is 2.07. The summed E-state index contributed by atoms with van der Waals surface area (Å²) in [6.45, 7) is 4.14. The van der Waals surface area contributed by atoms with Gasteiger partial charge < -0.3 is 16.0 Å². The number of carbonyl (C=O) groups excluding carboxylic acids is 3. The predicted octanol–water partition coefficient (Wildman–Crippen LogP) is 1.80. The van der Waals surface area contributed by atoms with Crippen molar-refractivity contribution in [3.05, 3.63) is 65.7 Å². The molecule has 3 N–H and O–H groups in total. The second-order valence-electron chi connectivity index (χ2n) is 6.88. The van der Waals surface area contributed by atoms with Gasteiger partial charge in [-0.15, -0.1) is 0 Å². The molecule has 1 atom stereocenters. The molecule has 1 unspecified atom stereocenters. The van der Waals surface area contributed by atoms with Crippen LogP contribution in [0.15, 0.2) is 48.8 Å². The molecule has 0 bridgehead atoms. The van der Waals surface area contributed by atoms with E-state index in [1.165, 1.54) is 24.3 Å². The zero-order valence-corrected chi connectivity index (χ0v) is 16.4. The first-order chi connectivity index (χ1) is 13.9. The molecule has 0 aliphatic rings. The van der Waals surface area contributed by atoms with Crippen LogP contribution < -0.4 is 16.0 Å². The van der Waals surface area contributed by atoms with E-state index >= 15 is 0 Å². The van der Waals surface area contributed by atoms with Gasteiger partial charge in [0.15, 0.2) is 0 Å². The average molecular weight is 400 g/mol. The fourth-order valence-electron chi connectivity index (χ4n) is 2.56. The molecule has 0 saturated carbocycles. The van der Waals surface area contributed by atoms with E-state index in [-0.39, 0.29) is 36.3 Å². The number of aromatic nitrogens is 1. The fraction of sp³-hybridized carbons (Fsp3) is 0.333. The lowest BCUT2D eigenvalue weighted by molar-refractivity contribution is -0.124. The highest BCUT2D eigenvalue weighted by atomic mass is 19.1. The number of benzene rings is 1. The van der Waals surface area contributed by atoms with Crippen LogP contribution in [0.1, 0.15) is 36.2 Å². The summed E-state index contributed by atoms with van der Waals surface area (Å²) in [5.74, 6) is -1.65. The molecule has 154 valence electrons. The van der Waals surface area contributed by atoms with Crippen molar-refractivity contribution >= 4 is 17.7 Å². The van der Waals surface area contributed by atoms with Crippen molar-refractivity contribution in [2.24, 2.45) is 5.92 Å². The van der Waals surface area contributed by atoms with E-state index in [0.717, 1.165) is 5.56 Å². The van der Waals surface area contributed by atoms with E-state index in [2.05, 4.69) is 20.9 Å². The van der Waals surface area contributed by atoms with Crippen LogP contribution in [0.25, 0.3) is 0 Å². The highest BCUT2D eigenvalue weighted by Gasteiger charge is 2.24. The van der Waals surface area contributed by atoms with E-state index in [0.29, 0.717) is 6.54 Å². The van der Waals surface area contributed by atoms with E-state index in [1.807, 2.05) is 0 Å². The molecule has 1 aromatic carbocycles. The Morgan fingerprint density at radius 2 is 1.66 bits per heavy atom. The van der Waals surface area contributed by atoms with Crippen molar-refractivity contribution in [2.45, 2.75) is 32.9 Å². The van der Waals surface area contributed by atoms with Crippen molar-refractivity contribution in [1.82, 2.24) is 20.9 Å². The minimum Gasteiger partial charge on any atom is -0.354 e. The van der Waals surface area contributed by atoms with Crippen molar-refractivity contribution in [3.8, 4) is 0 Å². The molecular formula is C21H25FN4O3. The Morgan fingerprint density at radius 3 is 2.28 bits per heavy atom. The minimum absolute atomic E-state index is 0.119. The summed E-state index contributed by atoms with van der Waals surface area (Å²) in [4.78, 5) is 40.6. The molecular weight excluding hydrogens is 375 g/mol. The van der Waals surface area contributed by atoms with Crippen LogP contribution >= 0.6 is 0 Å². The molecule has 0 saturated heterocycles. The number of rotatable bonds is 9. The molecule has 2 rings (SSSR count). The first-order valence-corrected chi connectivity index (χ1v) is 9.36. The molecule has 1 aromatic heterocycles. The number of nitrogens with zero attached hydrogens (tertiary/aromatic N) is 1. The third kappa shape index (κ3) is 7.33. The minimum atomic E-state index is -0.771. The molecule has 0 aliphatic heterocycles. The summed E-state index contributed by atoms with van der Waals surface area (Å²) < 4.78 is 13.0. The summed E-state index contributed by atoms with van der Waals surface area (Å²) in [5, 5.41) is 8.10. The number of hydrogen-bond acceptors (Lipinski definition) is 4. The van der Waals surface area contributed by atoms with Gasteiger partial charge in [0.1, 0.15) is 11.9 Å². The first kappa shape index (κ1) is 22.0. The second kappa shape index (κ2) is 10.9. The quantitative estimate of drug-likeness (QED) is 0.598. The summed E-state index contributed by atoms with van der Waals surface area (Å²) in [6, 6.07) is 7.92. The van der Waals surface area contributed by atoms with Gasteiger partial charge >= 0.3 is 0 Å². The van der Waals surface area contributed by atoms with E-state index in [4.69, 9.17) is 0 Å². The van der Waals surface area contributed by atoms with Gasteiger partial charge in [-0.1, -0.05) is 13.8 Å². The SMILES string of the molecule is CC(C)C(NC(=O)c1ccc(F)cc1)C(=O)NCCC(=O)NCc1ccncc1. The Balaban J connectivity index is 1.79. The van der Waals surface area contributed by atoms with Crippen LogP contribution in [0.3, 0.4) is 0 Å². The number of hydrogen-bond donors (Lipinski definition) is 3. The van der Waals surface area contributed by atoms with Gasteiger partial charge in [0.2, 0.25) is 11.8 Å². The molecule has 0 aliphatic carbocycles. The molecule has 7 nitrogen and oxygen atoms in total. The number of halogens is 1. The van der Waals surface area contributed by atoms with Crippen LogP contribution in [-0.2, 0) is 16.1 Å². The maximum atomic E-state index is 13.0. The van der Waals surface area contributed by atoms with Crippen LogP contribution in [0.2, 0.25) is 0 Å². The Kier molecular flexibility index (Phi) is 8.27. The third-order valence-corrected chi connectivity index (χ3v) is 4.23. The van der Waals surface area contributed by atoms with Gasteiger partial charge in [-0.3, -0.25) is 19.4 Å². The van der Waals surface area contributed by atoms with Crippen LogP contribution in [0, 0.1) is 11.7 Å². The third-order valence-electron chi connectivity index (χ3n) is 4.23. The van der Waals surface area contributed by atoms with Crippen LogP contribution in [0.5, 0.6) is 0 Å². The summed E-state index contributed by atoms with van der Waals surface area (Å²) in [6.07, 6.45) is 3.41. The number of carbonyl (C=O) groups is 3. The summed E-state index contributed by atoms with van der Waals surface area (Å²) in [5.41, 5.74) is 1.20. The van der Waals surface area contributed by atoms with Gasteiger partial charge in [0, 0.05) is 37.5 Å². The number of pyridine rings is 1. The standard InChI is InChI=1S/C21H25FN4O3/c1-14(2)19(26-20(28)16-3-5-17(22)6-4-16)21(29)24-12-9-18(27)25-13-15-7-10-23-11-8-15/h3-8,10-11,14,19H,9,12-13H2,1-2H3,(H,24,29)(H,25,27)(H,26,28). The molecule has 29 heavy (non-hydrogen) atoms. The molecule has 3 amide bonds.